The van der Waals surface area contributed by atoms with Crippen molar-refractivity contribution in [3.05, 3.63) is 0 Å². The average Bonchev–Trinajstić information content (AvgIpc) is 2.26. The maximum atomic E-state index is 4.58. The summed E-state index contributed by atoms with van der Waals surface area (Å²) in [6.07, 6.45) is 8.32. The van der Waals surface area contributed by atoms with E-state index in [1.165, 1.54) is 50.9 Å². The van der Waals surface area contributed by atoms with Crippen molar-refractivity contribution in [2.45, 2.75) is 50.8 Å². The number of amidine groups is 1. The van der Waals surface area contributed by atoms with Gasteiger partial charge in [-0.2, -0.15) is 0 Å². The summed E-state index contributed by atoms with van der Waals surface area (Å²) in [5.74, 6) is 3.01. The monoisotopic (exact) mass is 234 g/mol. The maximum absolute atomic E-state index is 4.58. The van der Waals surface area contributed by atoms with Gasteiger partial charge in [-0.1, -0.05) is 31.5 Å². The van der Waals surface area contributed by atoms with E-state index in [-0.39, 0.29) is 0 Å². The van der Waals surface area contributed by atoms with Gasteiger partial charge in [0.2, 0.25) is 0 Å². The quantitative estimate of drug-likeness (QED) is 0.587. The Morgan fingerprint density at radius 3 is 2.76 bits per heavy atom. The summed E-state index contributed by atoms with van der Waals surface area (Å²) in [7, 11) is 6.61. The zero-order valence-electron chi connectivity index (χ0n) is 12.0. The fraction of sp³-hybridized carbons (Fsp3) is 0.929. The number of aliphatic imine (C=N–C) groups is 1. The molecule has 1 aliphatic carbocycles. The van der Waals surface area contributed by atoms with Crippen LogP contribution >= 0.6 is 0 Å². The smallest absolute Gasteiger partial charge is 0.109 e. The first-order valence-electron chi connectivity index (χ1n) is 7.21. The molecule has 0 aromatic carbocycles. The van der Waals surface area contributed by atoms with Crippen LogP contribution in [0.2, 0.25) is 5.31 Å². The minimum Gasteiger partial charge on any atom is -0.363 e. The molecule has 0 radical (unpaired) electrons. The van der Waals surface area contributed by atoms with Crippen LogP contribution in [0.1, 0.15) is 45.4 Å². The van der Waals surface area contributed by atoms with E-state index >= 15 is 0 Å². The Labute approximate surface area is 107 Å². The Hall–Kier alpha value is -0.465. The van der Waals surface area contributed by atoms with E-state index in [1.807, 2.05) is 7.05 Å². The van der Waals surface area contributed by atoms with Crippen LogP contribution in [0.25, 0.3) is 0 Å². The molecule has 0 bridgehead atoms. The SMILES string of the molecule is BC1(C)CCCC2CCN(C)/C(=N\C)C2CC1. The van der Waals surface area contributed by atoms with Crippen molar-refractivity contribution in [3.63, 3.8) is 0 Å². The fourth-order valence-corrected chi connectivity index (χ4v) is 3.73. The van der Waals surface area contributed by atoms with E-state index < -0.39 is 0 Å². The summed E-state index contributed by atoms with van der Waals surface area (Å²) in [5.41, 5.74) is 0. The first-order valence-corrected chi connectivity index (χ1v) is 7.21. The summed E-state index contributed by atoms with van der Waals surface area (Å²) in [6, 6.07) is 0. The lowest BCUT2D eigenvalue weighted by atomic mass is 9.60. The second kappa shape index (κ2) is 5.03. The van der Waals surface area contributed by atoms with Gasteiger partial charge in [-0.15, -0.1) is 0 Å². The van der Waals surface area contributed by atoms with Crippen molar-refractivity contribution in [1.82, 2.24) is 4.90 Å². The highest BCUT2D eigenvalue weighted by molar-refractivity contribution is 6.14. The molecule has 3 heteroatoms. The normalized spacial score (nSPS) is 41.8. The Bertz CT molecular complexity index is 299. The molecule has 1 saturated heterocycles. The van der Waals surface area contributed by atoms with Gasteiger partial charge in [0.1, 0.15) is 13.7 Å². The molecule has 1 heterocycles. The highest BCUT2D eigenvalue weighted by Gasteiger charge is 2.35. The summed E-state index contributed by atoms with van der Waals surface area (Å²) < 4.78 is 0. The van der Waals surface area contributed by atoms with Gasteiger partial charge in [0.15, 0.2) is 0 Å². The summed E-state index contributed by atoms with van der Waals surface area (Å²) in [6.45, 7) is 3.64. The highest BCUT2D eigenvalue weighted by atomic mass is 15.2. The Balaban J connectivity index is 2.13. The molecule has 2 nitrogen and oxygen atoms in total. The van der Waals surface area contributed by atoms with Crippen LogP contribution in [-0.2, 0) is 0 Å². The van der Waals surface area contributed by atoms with Crippen molar-refractivity contribution in [2.24, 2.45) is 16.8 Å². The zero-order valence-corrected chi connectivity index (χ0v) is 12.0. The largest absolute Gasteiger partial charge is 0.363 e. The minimum absolute atomic E-state index is 0.542. The summed E-state index contributed by atoms with van der Waals surface area (Å²) in [5, 5.41) is 0.542. The van der Waals surface area contributed by atoms with Gasteiger partial charge in [0.05, 0.1) is 0 Å². The molecule has 2 aliphatic rings. The average molecular weight is 234 g/mol. The molecule has 3 unspecified atom stereocenters. The van der Waals surface area contributed by atoms with Gasteiger partial charge in [0, 0.05) is 26.6 Å². The predicted octanol–water partition coefficient (Wildman–Crippen LogP) is 2.36. The Morgan fingerprint density at radius 2 is 2.06 bits per heavy atom. The number of hydrogen-bond acceptors (Lipinski definition) is 1. The van der Waals surface area contributed by atoms with E-state index in [2.05, 4.69) is 31.7 Å². The first-order chi connectivity index (χ1) is 8.03. The lowest BCUT2D eigenvalue weighted by Gasteiger charge is -2.42. The first kappa shape index (κ1) is 13.0. The van der Waals surface area contributed by atoms with Crippen molar-refractivity contribution < 1.29 is 0 Å². The van der Waals surface area contributed by atoms with Crippen LogP contribution in [0.4, 0.5) is 0 Å². The van der Waals surface area contributed by atoms with Gasteiger partial charge < -0.3 is 4.90 Å². The molecule has 2 fully saturated rings. The third-order valence-electron chi connectivity index (χ3n) is 4.92. The minimum atomic E-state index is 0.542. The molecule has 17 heavy (non-hydrogen) atoms. The lowest BCUT2D eigenvalue weighted by Crippen LogP contribution is -2.44. The number of rotatable bonds is 0. The second-order valence-electron chi connectivity index (χ2n) is 6.75. The van der Waals surface area contributed by atoms with E-state index in [9.17, 15) is 0 Å². The van der Waals surface area contributed by atoms with Crippen LogP contribution in [0, 0.1) is 11.8 Å². The molecule has 2 rings (SSSR count). The summed E-state index contributed by atoms with van der Waals surface area (Å²) in [4.78, 5) is 6.96. The van der Waals surface area contributed by atoms with Gasteiger partial charge in [-0.05, 0) is 25.2 Å². The predicted molar refractivity (Wildman–Crippen MR) is 77.6 cm³/mol. The van der Waals surface area contributed by atoms with Crippen LogP contribution in [0.3, 0.4) is 0 Å². The maximum Gasteiger partial charge on any atom is 0.109 e. The molecule has 0 aromatic rings. The van der Waals surface area contributed by atoms with Crippen molar-refractivity contribution in [2.75, 3.05) is 20.6 Å². The van der Waals surface area contributed by atoms with E-state index in [0.29, 0.717) is 5.31 Å². The van der Waals surface area contributed by atoms with Gasteiger partial charge in [0.25, 0.3) is 0 Å². The van der Waals surface area contributed by atoms with Crippen LogP contribution in [0.15, 0.2) is 4.99 Å². The number of nitrogens with zero attached hydrogens (tertiary/aromatic N) is 2. The van der Waals surface area contributed by atoms with E-state index in [4.69, 9.17) is 0 Å². The number of likely N-dealkylation sites (tertiary alicyclic amines) is 1. The molecule has 1 saturated carbocycles. The van der Waals surface area contributed by atoms with Gasteiger partial charge in [-0.25, -0.2) is 0 Å². The molecule has 1 aliphatic heterocycles. The van der Waals surface area contributed by atoms with Crippen molar-refractivity contribution in [1.29, 1.82) is 0 Å². The molecule has 0 N–H and O–H groups in total. The Morgan fingerprint density at radius 1 is 1.29 bits per heavy atom. The van der Waals surface area contributed by atoms with E-state index in [1.54, 1.807) is 0 Å². The summed E-state index contributed by atoms with van der Waals surface area (Å²) >= 11 is 0. The van der Waals surface area contributed by atoms with Crippen LogP contribution in [0.5, 0.6) is 0 Å². The second-order valence-corrected chi connectivity index (χ2v) is 6.75. The van der Waals surface area contributed by atoms with Gasteiger partial charge in [-0.3, -0.25) is 4.99 Å². The molecular weight excluding hydrogens is 207 g/mol. The fourth-order valence-electron chi connectivity index (χ4n) is 3.73. The Kier molecular flexibility index (Phi) is 3.84. The van der Waals surface area contributed by atoms with Crippen LogP contribution < -0.4 is 0 Å². The van der Waals surface area contributed by atoms with Crippen LogP contribution in [-0.4, -0.2) is 39.2 Å². The van der Waals surface area contributed by atoms with E-state index in [0.717, 1.165) is 11.8 Å². The molecular formula is C14H27BN2. The molecule has 3 atom stereocenters. The number of fused-ring (bicyclic) bond motifs is 1. The molecule has 0 amide bonds. The van der Waals surface area contributed by atoms with Crippen molar-refractivity contribution in [3.8, 4) is 0 Å². The third kappa shape index (κ3) is 2.86. The topological polar surface area (TPSA) is 15.6 Å². The zero-order chi connectivity index (χ0) is 12.5. The van der Waals surface area contributed by atoms with Gasteiger partial charge >= 0.3 is 0 Å². The molecule has 0 aromatic heterocycles. The van der Waals surface area contributed by atoms with Crippen molar-refractivity contribution >= 4 is 13.7 Å². The lowest BCUT2D eigenvalue weighted by molar-refractivity contribution is 0.221. The number of piperidine rings is 1. The number of hydrogen-bond donors (Lipinski definition) is 0. The molecule has 96 valence electrons. The third-order valence-corrected chi connectivity index (χ3v) is 4.92. The standard InChI is InChI=1S/C14H27BN2/c1-14(15)8-4-5-11-7-10-17(3)13(16-2)12(11)6-9-14/h11-12H,4-10,15H2,1-3H3/b16-13-. The highest BCUT2D eigenvalue weighted by Crippen LogP contribution is 2.43. The molecule has 0 spiro atoms.